The van der Waals surface area contributed by atoms with Gasteiger partial charge in [0, 0.05) is 5.75 Å². The van der Waals surface area contributed by atoms with Crippen molar-refractivity contribution in [2.24, 2.45) is 0 Å². The third-order valence-electron chi connectivity index (χ3n) is 6.39. The average molecular weight is 539 g/mol. The normalized spacial score (nSPS) is 13.2. The first-order chi connectivity index (χ1) is 18.5. The van der Waals surface area contributed by atoms with Crippen molar-refractivity contribution in [1.29, 1.82) is 0 Å². The molecule has 0 aliphatic heterocycles. The second-order valence-corrected chi connectivity index (χ2v) is 10.8. The van der Waals surface area contributed by atoms with Gasteiger partial charge in [-0.1, -0.05) is 105 Å². The number of aliphatic hydroxyl groups is 1. The number of carbonyl (C=O) groups is 2. The molecule has 5 nitrogen and oxygen atoms in total. The van der Waals surface area contributed by atoms with E-state index in [1.807, 2.05) is 18.2 Å². The number of aliphatic carboxylic acids is 1. The molecule has 2 aromatic carbocycles. The second-order valence-electron chi connectivity index (χ2n) is 9.52. The Bertz CT molecular complexity index is 1000. The maximum atomic E-state index is 11.3. The van der Waals surface area contributed by atoms with Crippen LogP contribution in [0.1, 0.15) is 91.8 Å². The Labute approximate surface area is 231 Å². The van der Waals surface area contributed by atoms with Crippen molar-refractivity contribution in [3.63, 3.8) is 0 Å². The van der Waals surface area contributed by atoms with Crippen LogP contribution in [0.2, 0.25) is 0 Å². The first-order valence-corrected chi connectivity index (χ1v) is 14.7. The minimum Gasteiger partial charge on any atom is -0.481 e. The molecule has 2 rings (SSSR count). The number of aliphatic hydroxyl groups excluding tert-OH is 1. The Morgan fingerprint density at radius 3 is 2.18 bits per heavy atom. The van der Waals surface area contributed by atoms with E-state index in [9.17, 15) is 19.8 Å². The lowest BCUT2D eigenvalue weighted by atomic mass is 10.0. The van der Waals surface area contributed by atoms with Crippen molar-refractivity contribution in [3.8, 4) is 0 Å². The monoisotopic (exact) mass is 538 g/mol. The van der Waals surface area contributed by atoms with Crippen molar-refractivity contribution >= 4 is 23.7 Å². The molecule has 6 heteroatoms. The highest BCUT2D eigenvalue weighted by Crippen LogP contribution is 2.29. The zero-order valence-electron chi connectivity index (χ0n) is 22.2. The number of hydrogen-bond acceptors (Lipinski definition) is 4. The standard InChI is InChI=1S/C32H42O5S/c33-30(34)23-24-38-29(31(35)27-20-16-21-28(25-27)32(36)37)22-15-10-8-6-4-2-1-3-5-7-9-12-17-26-18-13-11-14-19-26/h8,10-11,13-16,18-22,25,29,31,35H,1-7,9,12,17,23-24H2,(H,33,34)(H,36,37)/t29-,31+/m1/s1. The van der Waals surface area contributed by atoms with Crippen molar-refractivity contribution in [2.45, 2.75) is 82.0 Å². The summed E-state index contributed by atoms with van der Waals surface area (Å²) < 4.78 is 0. The molecule has 38 heavy (non-hydrogen) atoms. The fourth-order valence-corrected chi connectivity index (χ4v) is 5.33. The number of carboxylic acid groups (broad SMARTS) is 2. The maximum absolute atomic E-state index is 11.3. The number of unbranched alkanes of at least 4 members (excludes halogenated alkanes) is 8. The number of aryl methyl sites for hydroxylation is 1. The summed E-state index contributed by atoms with van der Waals surface area (Å²) in [7, 11) is 0. The van der Waals surface area contributed by atoms with E-state index in [1.54, 1.807) is 12.1 Å². The Balaban J connectivity index is 1.64. The zero-order valence-corrected chi connectivity index (χ0v) is 23.0. The van der Waals surface area contributed by atoms with Crippen LogP contribution in [0.25, 0.3) is 0 Å². The van der Waals surface area contributed by atoms with E-state index in [0.29, 0.717) is 11.3 Å². The lowest BCUT2D eigenvalue weighted by Crippen LogP contribution is -2.15. The van der Waals surface area contributed by atoms with Crippen LogP contribution >= 0.6 is 11.8 Å². The summed E-state index contributed by atoms with van der Waals surface area (Å²) in [5.74, 6) is -1.58. The lowest BCUT2D eigenvalue weighted by Gasteiger charge is -2.20. The number of thioether (sulfide) groups is 1. The number of rotatable bonds is 20. The van der Waals surface area contributed by atoms with E-state index in [0.717, 1.165) is 12.8 Å². The van der Waals surface area contributed by atoms with Crippen LogP contribution in [-0.2, 0) is 11.2 Å². The van der Waals surface area contributed by atoms with Gasteiger partial charge in [0.1, 0.15) is 0 Å². The summed E-state index contributed by atoms with van der Waals surface area (Å²) >= 11 is 1.35. The molecule has 0 heterocycles. The zero-order chi connectivity index (χ0) is 27.4. The number of aromatic carboxylic acids is 1. The van der Waals surface area contributed by atoms with E-state index in [4.69, 9.17) is 5.11 Å². The molecule has 0 saturated carbocycles. The van der Waals surface area contributed by atoms with Crippen LogP contribution in [0.5, 0.6) is 0 Å². The Kier molecular flexibility index (Phi) is 15.9. The Hall–Kier alpha value is -2.83. The maximum Gasteiger partial charge on any atom is 0.335 e. The molecule has 0 aromatic heterocycles. The topological polar surface area (TPSA) is 94.8 Å². The molecule has 2 atom stereocenters. The van der Waals surface area contributed by atoms with Gasteiger partial charge in [-0.25, -0.2) is 4.79 Å². The molecule has 0 spiro atoms. The Morgan fingerprint density at radius 2 is 1.50 bits per heavy atom. The summed E-state index contributed by atoms with van der Waals surface area (Å²) in [6.07, 6.45) is 19.2. The fourth-order valence-electron chi connectivity index (χ4n) is 4.22. The minimum absolute atomic E-state index is 0.000416. The molecule has 0 amide bonds. The third kappa shape index (κ3) is 13.6. The highest BCUT2D eigenvalue weighted by atomic mass is 32.2. The van der Waals surface area contributed by atoms with Gasteiger partial charge < -0.3 is 15.3 Å². The fraction of sp³-hybridized carbons (Fsp3) is 0.438. The molecular weight excluding hydrogens is 496 g/mol. The quantitative estimate of drug-likeness (QED) is 0.117. The number of carboxylic acids is 2. The first-order valence-electron chi connectivity index (χ1n) is 13.7. The molecule has 0 unspecified atom stereocenters. The van der Waals surface area contributed by atoms with Crippen molar-refractivity contribution < 1.29 is 24.9 Å². The van der Waals surface area contributed by atoms with Gasteiger partial charge >= 0.3 is 11.9 Å². The molecule has 0 fully saturated rings. The van der Waals surface area contributed by atoms with Gasteiger partial charge in [0.25, 0.3) is 0 Å². The third-order valence-corrected chi connectivity index (χ3v) is 7.63. The number of allylic oxidation sites excluding steroid dienone is 3. The molecule has 0 aliphatic rings. The minimum atomic E-state index is -1.05. The molecule has 0 radical (unpaired) electrons. The summed E-state index contributed by atoms with van der Waals surface area (Å²) in [6.45, 7) is 0. The van der Waals surface area contributed by atoms with E-state index in [-0.39, 0.29) is 17.2 Å². The SMILES string of the molecule is O=C(O)CCS[C@H](C=CC=CCCCCCCCCCCc1ccccc1)[C@@H](O)c1cccc(C(=O)O)c1. The van der Waals surface area contributed by atoms with Gasteiger partial charge in [-0.2, -0.15) is 11.8 Å². The molecule has 0 saturated heterocycles. The van der Waals surface area contributed by atoms with Gasteiger partial charge in [0.15, 0.2) is 0 Å². The summed E-state index contributed by atoms with van der Waals surface area (Å²) in [6, 6.07) is 16.9. The van der Waals surface area contributed by atoms with Crippen molar-refractivity contribution in [1.82, 2.24) is 0 Å². The van der Waals surface area contributed by atoms with Crippen LogP contribution in [0.4, 0.5) is 0 Å². The molecule has 2 aromatic rings. The van der Waals surface area contributed by atoms with Crippen molar-refractivity contribution in [2.75, 3.05) is 5.75 Å². The van der Waals surface area contributed by atoms with Gasteiger partial charge in [-0.3, -0.25) is 4.79 Å². The molecule has 3 N–H and O–H groups in total. The highest BCUT2D eigenvalue weighted by molar-refractivity contribution is 8.00. The van der Waals surface area contributed by atoms with E-state index >= 15 is 0 Å². The molecule has 0 aliphatic carbocycles. The summed E-state index contributed by atoms with van der Waals surface area (Å²) in [5, 5.41) is 28.7. The molecule has 206 valence electrons. The van der Waals surface area contributed by atoms with Gasteiger partial charge in [0.05, 0.1) is 23.3 Å². The van der Waals surface area contributed by atoms with Gasteiger partial charge in [0.2, 0.25) is 0 Å². The van der Waals surface area contributed by atoms with Crippen LogP contribution < -0.4 is 0 Å². The predicted octanol–water partition coefficient (Wildman–Crippen LogP) is 7.86. The number of hydrogen-bond donors (Lipinski definition) is 3. The van der Waals surface area contributed by atoms with Crippen LogP contribution in [0.15, 0.2) is 78.9 Å². The van der Waals surface area contributed by atoms with E-state index in [2.05, 4.69) is 36.4 Å². The van der Waals surface area contributed by atoms with E-state index < -0.39 is 18.0 Å². The molecule has 0 bridgehead atoms. The smallest absolute Gasteiger partial charge is 0.335 e. The predicted molar refractivity (Wildman–Crippen MR) is 157 cm³/mol. The summed E-state index contributed by atoms with van der Waals surface area (Å²) in [4.78, 5) is 22.2. The van der Waals surface area contributed by atoms with Crippen molar-refractivity contribution in [3.05, 3.63) is 95.6 Å². The average Bonchev–Trinajstić information content (AvgIpc) is 2.92. The van der Waals surface area contributed by atoms with Gasteiger partial charge in [-0.05, 0) is 48.9 Å². The van der Waals surface area contributed by atoms with Crippen LogP contribution in [0.3, 0.4) is 0 Å². The number of benzene rings is 2. The van der Waals surface area contributed by atoms with Crippen LogP contribution in [0, 0.1) is 0 Å². The second kappa shape index (κ2) is 19.3. The molecular formula is C32H42O5S. The highest BCUT2D eigenvalue weighted by Gasteiger charge is 2.20. The van der Waals surface area contributed by atoms with Gasteiger partial charge in [-0.15, -0.1) is 0 Å². The van der Waals surface area contributed by atoms with E-state index in [1.165, 1.54) is 80.8 Å². The lowest BCUT2D eigenvalue weighted by molar-refractivity contribution is -0.136. The largest absolute Gasteiger partial charge is 0.481 e. The summed E-state index contributed by atoms with van der Waals surface area (Å²) in [5.41, 5.74) is 2.05. The Morgan fingerprint density at radius 1 is 0.816 bits per heavy atom. The van der Waals surface area contributed by atoms with Crippen LogP contribution in [-0.4, -0.2) is 38.3 Å². The first kappa shape index (κ1) is 31.4.